The number of nitrogens with zero attached hydrogens (tertiary/aromatic N) is 2. The van der Waals surface area contributed by atoms with Crippen molar-refractivity contribution >= 4 is 29.9 Å². The molecule has 0 unspecified atom stereocenters. The fourth-order valence-electron chi connectivity index (χ4n) is 3.35. The molecule has 2 N–H and O–H groups in total. The summed E-state index contributed by atoms with van der Waals surface area (Å²) in [5, 5.41) is 13.0. The third-order valence-corrected chi connectivity index (χ3v) is 4.78. The van der Waals surface area contributed by atoms with E-state index in [1.54, 1.807) is 0 Å². The SMILES string of the molecule is CCNC(=NCC1(CC)CCCC1)N1CC[C@@H](O)C1.I. The Balaban J connectivity index is 0.00000200. The van der Waals surface area contributed by atoms with Crippen molar-refractivity contribution in [1.29, 1.82) is 0 Å². The first-order chi connectivity index (χ1) is 9.19. The monoisotopic (exact) mass is 395 g/mol. The highest BCUT2D eigenvalue weighted by Gasteiger charge is 2.32. The number of halogens is 1. The number of nitrogens with one attached hydrogen (secondary N) is 1. The molecule has 0 aromatic heterocycles. The lowest BCUT2D eigenvalue weighted by Gasteiger charge is -2.27. The average molecular weight is 395 g/mol. The molecule has 20 heavy (non-hydrogen) atoms. The molecular formula is C15H30IN3O. The van der Waals surface area contributed by atoms with Gasteiger partial charge in [0.05, 0.1) is 6.10 Å². The van der Waals surface area contributed by atoms with E-state index in [1.807, 2.05) is 0 Å². The lowest BCUT2D eigenvalue weighted by Crippen LogP contribution is -2.41. The van der Waals surface area contributed by atoms with Crippen LogP contribution in [0.2, 0.25) is 0 Å². The maximum Gasteiger partial charge on any atom is 0.194 e. The van der Waals surface area contributed by atoms with Gasteiger partial charge in [0, 0.05) is 26.2 Å². The predicted octanol–water partition coefficient (Wildman–Crippen LogP) is 2.61. The zero-order valence-corrected chi connectivity index (χ0v) is 15.2. The van der Waals surface area contributed by atoms with Crippen LogP contribution in [0.5, 0.6) is 0 Å². The number of hydrogen-bond donors (Lipinski definition) is 2. The molecule has 1 heterocycles. The number of β-amino-alcohol motifs (C(OH)–C–C–N with tert-alkyl or cyclic N) is 1. The second kappa shape index (κ2) is 8.41. The lowest BCUT2D eigenvalue weighted by molar-refractivity contribution is 0.187. The topological polar surface area (TPSA) is 47.9 Å². The molecule has 0 amide bonds. The van der Waals surface area contributed by atoms with Crippen LogP contribution in [0.3, 0.4) is 0 Å². The summed E-state index contributed by atoms with van der Waals surface area (Å²) in [6.45, 7) is 7.89. The van der Waals surface area contributed by atoms with Crippen LogP contribution in [0, 0.1) is 5.41 Å². The van der Waals surface area contributed by atoms with Crippen LogP contribution in [0.1, 0.15) is 52.4 Å². The summed E-state index contributed by atoms with van der Waals surface area (Å²) in [6.07, 6.45) is 7.30. The lowest BCUT2D eigenvalue weighted by atomic mass is 9.84. The maximum atomic E-state index is 9.67. The van der Waals surface area contributed by atoms with Gasteiger partial charge in [-0.1, -0.05) is 19.8 Å². The van der Waals surface area contributed by atoms with Gasteiger partial charge in [0.15, 0.2) is 5.96 Å². The van der Waals surface area contributed by atoms with Crippen LogP contribution in [0.25, 0.3) is 0 Å². The summed E-state index contributed by atoms with van der Waals surface area (Å²) >= 11 is 0. The Bertz CT molecular complexity index is 316. The summed E-state index contributed by atoms with van der Waals surface area (Å²) in [5.74, 6) is 0.999. The zero-order valence-electron chi connectivity index (χ0n) is 12.9. The first-order valence-corrected chi connectivity index (χ1v) is 7.90. The van der Waals surface area contributed by atoms with Crippen molar-refractivity contribution in [3.05, 3.63) is 0 Å². The normalized spacial score (nSPS) is 25.6. The molecule has 2 aliphatic rings. The van der Waals surface area contributed by atoms with Crippen molar-refractivity contribution < 1.29 is 5.11 Å². The molecule has 1 aliphatic carbocycles. The molecule has 1 aliphatic heterocycles. The van der Waals surface area contributed by atoms with E-state index in [0.29, 0.717) is 5.41 Å². The van der Waals surface area contributed by atoms with Gasteiger partial charge in [-0.05, 0) is 38.0 Å². The smallest absolute Gasteiger partial charge is 0.194 e. The number of likely N-dealkylation sites (tertiary alicyclic amines) is 1. The van der Waals surface area contributed by atoms with Gasteiger partial charge in [-0.2, -0.15) is 0 Å². The third kappa shape index (κ3) is 4.48. The van der Waals surface area contributed by atoms with E-state index in [0.717, 1.165) is 38.6 Å². The van der Waals surface area contributed by atoms with E-state index < -0.39 is 0 Å². The van der Waals surface area contributed by atoms with Gasteiger partial charge in [-0.25, -0.2) is 0 Å². The fourth-order valence-corrected chi connectivity index (χ4v) is 3.35. The second-order valence-corrected chi connectivity index (χ2v) is 6.12. The van der Waals surface area contributed by atoms with E-state index in [1.165, 1.54) is 32.1 Å². The maximum absolute atomic E-state index is 9.67. The predicted molar refractivity (Wildman–Crippen MR) is 94.8 cm³/mol. The van der Waals surface area contributed by atoms with Gasteiger partial charge in [-0.3, -0.25) is 4.99 Å². The highest BCUT2D eigenvalue weighted by atomic mass is 127. The standard InChI is InChI=1S/C15H29N3O.HI/c1-3-15(8-5-6-9-15)12-17-14(16-4-2)18-10-7-13(19)11-18;/h13,19H,3-12H2,1-2H3,(H,16,17);1H/t13-;/m1./s1. The molecule has 0 aromatic rings. The van der Waals surface area contributed by atoms with Crippen LogP contribution in [-0.2, 0) is 0 Å². The van der Waals surface area contributed by atoms with Crippen LogP contribution in [0.4, 0.5) is 0 Å². The summed E-state index contributed by atoms with van der Waals surface area (Å²) in [5.41, 5.74) is 0.443. The number of rotatable bonds is 4. The number of guanidine groups is 1. The molecule has 2 rings (SSSR count). The second-order valence-electron chi connectivity index (χ2n) is 6.12. The highest BCUT2D eigenvalue weighted by molar-refractivity contribution is 14.0. The van der Waals surface area contributed by atoms with Crippen LogP contribution in [0.15, 0.2) is 4.99 Å². The first kappa shape index (κ1) is 18.0. The van der Waals surface area contributed by atoms with Crippen molar-refractivity contribution in [2.45, 2.75) is 58.5 Å². The molecule has 5 heteroatoms. The number of aliphatic hydroxyl groups excluding tert-OH is 1. The van der Waals surface area contributed by atoms with Crippen LogP contribution >= 0.6 is 24.0 Å². The molecule has 1 saturated carbocycles. The van der Waals surface area contributed by atoms with Crippen molar-refractivity contribution in [2.24, 2.45) is 10.4 Å². The first-order valence-electron chi connectivity index (χ1n) is 7.90. The summed E-state index contributed by atoms with van der Waals surface area (Å²) < 4.78 is 0. The van der Waals surface area contributed by atoms with Crippen molar-refractivity contribution in [2.75, 3.05) is 26.2 Å². The highest BCUT2D eigenvalue weighted by Crippen LogP contribution is 2.41. The minimum Gasteiger partial charge on any atom is -0.391 e. The van der Waals surface area contributed by atoms with E-state index in [-0.39, 0.29) is 30.1 Å². The van der Waals surface area contributed by atoms with E-state index >= 15 is 0 Å². The number of aliphatic hydroxyl groups is 1. The molecular weight excluding hydrogens is 365 g/mol. The molecule has 0 bridgehead atoms. The van der Waals surface area contributed by atoms with Crippen LogP contribution in [-0.4, -0.2) is 48.2 Å². The van der Waals surface area contributed by atoms with E-state index in [9.17, 15) is 5.11 Å². The Morgan fingerprint density at radius 2 is 2.05 bits per heavy atom. The Labute approximate surface area is 140 Å². The van der Waals surface area contributed by atoms with Gasteiger partial charge < -0.3 is 15.3 Å². The van der Waals surface area contributed by atoms with E-state index in [4.69, 9.17) is 4.99 Å². The van der Waals surface area contributed by atoms with Crippen molar-refractivity contribution in [1.82, 2.24) is 10.2 Å². The molecule has 2 fully saturated rings. The zero-order chi connectivity index (χ0) is 13.7. The third-order valence-electron chi connectivity index (χ3n) is 4.78. The quantitative estimate of drug-likeness (QED) is 0.437. The minimum absolute atomic E-state index is 0. The number of hydrogen-bond acceptors (Lipinski definition) is 2. The largest absolute Gasteiger partial charge is 0.391 e. The minimum atomic E-state index is -0.185. The molecule has 0 aromatic carbocycles. The van der Waals surface area contributed by atoms with E-state index in [2.05, 4.69) is 24.1 Å². The van der Waals surface area contributed by atoms with Gasteiger partial charge in [0.25, 0.3) is 0 Å². The molecule has 0 spiro atoms. The van der Waals surface area contributed by atoms with Crippen molar-refractivity contribution in [3.63, 3.8) is 0 Å². The Kier molecular flexibility index (Phi) is 7.58. The summed E-state index contributed by atoms with van der Waals surface area (Å²) in [7, 11) is 0. The Hall–Kier alpha value is -0.0400. The van der Waals surface area contributed by atoms with Gasteiger partial charge in [0.2, 0.25) is 0 Å². The molecule has 118 valence electrons. The molecule has 1 atom stereocenters. The molecule has 0 radical (unpaired) electrons. The summed E-state index contributed by atoms with van der Waals surface area (Å²) in [4.78, 5) is 7.08. The van der Waals surface area contributed by atoms with Gasteiger partial charge in [0.1, 0.15) is 0 Å². The Morgan fingerprint density at radius 3 is 2.55 bits per heavy atom. The van der Waals surface area contributed by atoms with Gasteiger partial charge >= 0.3 is 0 Å². The van der Waals surface area contributed by atoms with Crippen LogP contribution < -0.4 is 5.32 Å². The summed E-state index contributed by atoms with van der Waals surface area (Å²) in [6, 6.07) is 0. The average Bonchev–Trinajstić information content (AvgIpc) is 3.04. The fraction of sp³-hybridized carbons (Fsp3) is 0.933. The number of aliphatic imine (C=N–C) groups is 1. The molecule has 1 saturated heterocycles. The van der Waals surface area contributed by atoms with Gasteiger partial charge in [-0.15, -0.1) is 24.0 Å². The van der Waals surface area contributed by atoms with Crippen molar-refractivity contribution in [3.8, 4) is 0 Å². The molecule has 4 nitrogen and oxygen atoms in total. The Morgan fingerprint density at radius 1 is 1.35 bits per heavy atom.